The number of fused-ring (bicyclic) bond motifs is 2. The monoisotopic (exact) mass is 369 g/mol. The fourth-order valence-corrected chi connectivity index (χ4v) is 4.46. The first-order chi connectivity index (χ1) is 12.8. The van der Waals surface area contributed by atoms with Crippen LogP contribution in [0.1, 0.15) is 49.3 Å². The quantitative estimate of drug-likeness (QED) is 0.741. The molecule has 4 atom stereocenters. The minimum atomic E-state index is -0.322. The van der Waals surface area contributed by atoms with Crippen molar-refractivity contribution >= 4 is 5.82 Å². The third kappa shape index (κ3) is 2.64. The topological polar surface area (TPSA) is 80.1 Å². The number of hydrazine groups is 1. The number of nitrogens with zero attached hydrogens (tertiary/aromatic N) is 2. The van der Waals surface area contributed by atoms with Gasteiger partial charge in [-0.05, 0) is 24.0 Å². The van der Waals surface area contributed by atoms with Crippen LogP contribution in [0.2, 0.25) is 0 Å². The summed E-state index contributed by atoms with van der Waals surface area (Å²) in [6.45, 7) is 6.46. The number of hydrogen-bond acceptors (Lipinski definition) is 5. The van der Waals surface area contributed by atoms with Gasteiger partial charge in [0.1, 0.15) is 5.82 Å². The lowest BCUT2D eigenvalue weighted by atomic mass is 9.74. The van der Waals surface area contributed by atoms with E-state index in [4.69, 9.17) is 0 Å². The SMILES string of the molecule is CC(C)c1ccc(C2c3c(n(C)c(=O)n(C)c3=O)NC3NNC(C)C32)cc1. The molecule has 0 amide bonds. The minimum Gasteiger partial charge on any atom is -0.354 e. The van der Waals surface area contributed by atoms with Gasteiger partial charge in [0.25, 0.3) is 5.56 Å². The number of rotatable bonds is 2. The van der Waals surface area contributed by atoms with Gasteiger partial charge in [-0.3, -0.25) is 19.4 Å². The largest absolute Gasteiger partial charge is 0.354 e. The van der Waals surface area contributed by atoms with Gasteiger partial charge < -0.3 is 5.32 Å². The summed E-state index contributed by atoms with van der Waals surface area (Å²) in [7, 11) is 3.25. The lowest BCUT2D eigenvalue weighted by Crippen LogP contribution is -2.50. The van der Waals surface area contributed by atoms with Crippen molar-refractivity contribution in [2.45, 2.75) is 44.8 Å². The normalized spacial score (nSPS) is 26.6. The second-order valence-electron chi connectivity index (χ2n) is 8.04. The van der Waals surface area contributed by atoms with Crippen LogP contribution in [0, 0.1) is 5.92 Å². The van der Waals surface area contributed by atoms with Crippen LogP contribution in [0.4, 0.5) is 5.82 Å². The van der Waals surface area contributed by atoms with Gasteiger partial charge in [0.2, 0.25) is 0 Å². The summed E-state index contributed by atoms with van der Waals surface area (Å²) in [5.74, 6) is 1.10. The van der Waals surface area contributed by atoms with E-state index < -0.39 is 0 Å². The predicted octanol–water partition coefficient (Wildman–Crippen LogP) is 1.20. The second kappa shape index (κ2) is 6.35. The summed E-state index contributed by atoms with van der Waals surface area (Å²) in [4.78, 5) is 25.5. The van der Waals surface area contributed by atoms with Gasteiger partial charge >= 0.3 is 5.69 Å². The van der Waals surface area contributed by atoms with Crippen LogP contribution in [0.15, 0.2) is 33.9 Å². The molecule has 3 heterocycles. The van der Waals surface area contributed by atoms with Gasteiger partial charge in [0.05, 0.1) is 11.7 Å². The fourth-order valence-electron chi connectivity index (χ4n) is 4.46. The van der Waals surface area contributed by atoms with Crippen LogP contribution in [0.5, 0.6) is 0 Å². The number of benzene rings is 1. The molecule has 0 saturated carbocycles. The fraction of sp³-hybridized carbons (Fsp3) is 0.500. The van der Waals surface area contributed by atoms with Crippen molar-refractivity contribution in [2.75, 3.05) is 5.32 Å². The molecule has 7 heteroatoms. The number of nitrogens with one attached hydrogen (secondary N) is 3. The van der Waals surface area contributed by atoms with Crippen molar-refractivity contribution in [2.24, 2.45) is 20.0 Å². The van der Waals surface area contributed by atoms with E-state index in [0.29, 0.717) is 17.3 Å². The smallest absolute Gasteiger partial charge is 0.332 e. The average molecular weight is 369 g/mol. The molecule has 144 valence electrons. The van der Waals surface area contributed by atoms with Crippen LogP contribution in [0.25, 0.3) is 0 Å². The zero-order chi connectivity index (χ0) is 19.5. The van der Waals surface area contributed by atoms with Crippen LogP contribution < -0.4 is 27.4 Å². The van der Waals surface area contributed by atoms with Crippen LogP contribution >= 0.6 is 0 Å². The third-order valence-corrected chi connectivity index (χ3v) is 6.08. The Morgan fingerprint density at radius 1 is 1.00 bits per heavy atom. The highest BCUT2D eigenvalue weighted by molar-refractivity contribution is 5.54. The Morgan fingerprint density at radius 2 is 1.67 bits per heavy atom. The molecule has 1 saturated heterocycles. The van der Waals surface area contributed by atoms with E-state index in [0.717, 1.165) is 5.56 Å². The molecule has 0 bridgehead atoms. The first kappa shape index (κ1) is 18.0. The maximum Gasteiger partial charge on any atom is 0.332 e. The first-order valence-electron chi connectivity index (χ1n) is 9.48. The van der Waals surface area contributed by atoms with Crippen LogP contribution in [0.3, 0.4) is 0 Å². The highest BCUT2D eigenvalue weighted by Gasteiger charge is 2.46. The molecule has 0 spiro atoms. The predicted molar refractivity (Wildman–Crippen MR) is 106 cm³/mol. The van der Waals surface area contributed by atoms with E-state index in [9.17, 15) is 9.59 Å². The van der Waals surface area contributed by atoms with Gasteiger partial charge in [-0.25, -0.2) is 10.2 Å². The van der Waals surface area contributed by atoms with Crippen molar-refractivity contribution < 1.29 is 0 Å². The molecule has 0 aliphatic carbocycles. The van der Waals surface area contributed by atoms with Crippen molar-refractivity contribution in [1.29, 1.82) is 0 Å². The third-order valence-electron chi connectivity index (χ3n) is 6.08. The van der Waals surface area contributed by atoms with E-state index in [-0.39, 0.29) is 35.3 Å². The first-order valence-corrected chi connectivity index (χ1v) is 9.48. The van der Waals surface area contributed by atoms with Crippen LogP contribution in [-0.4, -0.2) is 21.3 Å². The van der Waals surface area contributed by atoms with E-state index in [1.54, 1.807) is 14.1 Å². The lowest BCUT2D eigenvalue weighted by Gasteiger charge is -2.38. The Bertz CT molecular complexity index is 989. The average Bonchev–Trinajstić information content (AvgIpc) is 3.04. The number of aromatic nitrogens is 2. The molecule has 1 fully saturated rings. The second-order valence-corrected chi connectivity index (χ2v) is 8.04. The minimum absolute atomic E-state index is 0.0556. The van der Waals surface area contributed by atoms with Gasteiger partial charge in [-0.15, -0.1) is 0 Å². The van der Waals surface area contributed by atoms with Crippen LogP contribution in [-0.2, 0) is 14.1 Å². The Kier molecular flexibility index (Phi) is 4.24. The summed E-state index contributed by atoms with van der Waals surface area (Å²) in [5.41, 5.74) is 9.05. The molecule has 1 aromatic heterocycles. The van der Waals surface area contributed by atoms with Crippen molar-refractivity contribution in [1.82, 2.24) is 20.0 Å². The van der Waals surface area contributed by atoms with Gasteiger partial charge in [0, 0.05) is 32.0 Å². The molecule has 4 rings (SSSR count). The standard InChI is InChI=1S/C20H27N5O2/c1-10(2)12-6-8-13(9-7-12)15-14-11(3)22-23-17(14)21-18-16(15)19(26)25(5)20(27)24(18)4/h6-11,14-15,17,21-23H,1-5H3. The number of anilines is 1. The van der Waals surface area contributed by atoms with E-state index in [2.05, 4.69) is 61.2 Å². The molecular weight excluding hydrogens is 342 g/mol. The Labute approximate surface area is 158 Å². The van der Waals surface area contributed by atoms with E-state index >= 15 is 0 Å². The molecule has 2 aliphatic rings. The highest BCUT2D eigenvalue weighted by atomic mass is 16.2. The van der Waals surface area contributed by atoms with Crippen molar-refractivity contribution in [3.8, 4) is 0 Å². The molecule has 1 aromatic carbocycles. The molecule has 3 N–H and O–H groups in total. The van der Waals surface area contributed by atoms with Crippen molar-refractivity contribution in [3.63, 3.8) is 0 Å². The Morgan fingerprint density at radius 3 is 2.30 bits per heavy atom. The van der Waals surface area contributed by atoms with Gasteiger partial charge in [-0.1, -0.05) is 38.1 Å². The summed E-state index contributed by atoms with van der Waals surface area (Å²) in [5, 5.41) is 3.37. The molecule has 27 heavy (non-hydrogen) atoms. The summed E-state index contributed by atoms with van der Waals surface area (Å²) < 4.78 is 2.74. The lowest BCUT2D eigenvalue weighted by molar-refractivity contribution is 0.380. The molecule has 4 unspecified atom stereocenters. The number of hydrogen-bond donors (Lipinski definition) is 3. The van der Waals surface area contributed by atoms with Gasteiger partial charge in [-0.2, -0.15) is 0 Å². The summed E-state index contributed by atoms with van der Waals surface area (Å²) in [6, 6.07) is 8.71. The summed E-state index contributed by atoms with van der Waals surface area (Å²) >= 11 is 0. The zero-order valence-electron chi connectivity index (χ0n) is 16.4. The maximum absolute atomic E-state index is 13.1. The summed E-state index contributed by atoms with van der Waals surface area (Å²) in [6.07, 6.45) is -0.0556. The molecule has 2 aliphatic heterocycles. The van der Waals surface area contributed by atoms with Crippen molar-refractivity contribution in [3.05, 3.63) is 61.8 Å². The zero-order valence-corrected chi connectivity index (χ0v) is 16.4. The highest BCUT2D eigenvalue weighted by Crippen LogP contribution is 2.42. The van der Waals surface area contributed by atoms with Gasteiger partial charge in [0.15, 0.2) is 0 Å². The molecule has 2 aromatic rings. The maximum atomic E-state index is 13.1. The molecule has 0 radical (unpaired) electrons. The molecular formula is C20H27N5O2. The van der Waals surface area contributed by atoms with E-state index in [1.807, 2.05) is 0 Å². The van der Waals surface area contributed by atoms with E-state index in [1.165, 1.54) is 14.7 Å². The Balaban J connectivity index is 1.96. The Hall–Kier alpha value is -2.38. The molecule has 7 nitrogen and oxygen atoms in total.